The molecule has 12 nitrogen and oxygen atoms in total. The molecule has 0 amide bonds. The lowest BCUT2D eigenvalue weighted by atomic mass is 10.0. The van der Waals surface area contributed by atoms with Gasteiger partial charge in [-0.3, -0.25) is 9.36 Å². The van der Waals surface area contributed by atoms with Crippen molar-refractivity contribution in [2.45, 2.75) is 77.6 Å². The van der Waals surface area contributed by atoms with Crippen LogP contribution in [0.2, 0.25) is 0 Å². The van der Waals surface area contributed by atoms with Crippen molar-refractivity contribution in [1.29, 1.82) is 0 Å². The molecule has 0 aliphatic carbocycles. The number of aryl methyl sites for hydroxylation is 1. The van der Waals surface area contributed by atoms with Crippen molar-refractivity contribution in [3.63, 3.8) is 0 Å². The van der Waals surface area contributed by atoms with Gasteiger partial charge in [0, 0.05) is 13.5 Å². The Hall–Kier alpha value is -1.97. The van der Waals surface area contributed by atoms with Crippen molar-refractivity contribution in [2.24, 2.45) is 0 Å². The van der Waals surface area contributed by atoms with Gasteiger partial charge in [0.25, 0.3) is 14.1 Å². The first-order valence-electron chi connectivity index (χ1n) is 12.3. The summed E-state index contributed by atoms with van der Waals surface area (Å²) >= 11 is 0. The normalized spacial score (nSPS) is 27.9. The molecule has 1 N–H and O–H groups in total. The van der Waals surface area contributed by atoms with E-state index in [1.807, 2.05) is 0 Å². The number of hydroxylamine groups is 2. The number of morpholine rings is 1. The van der Waals surface area contributed by atoms with Crippen LogP contribution in [0.1, 0.15) is 48.0 Å². The van der Waals surface area contributed by atoms with Crippen LogP contribution in [0, 0.1) is 13.5 Å². The Morgan fingerprint density at radius 1 is 1.46 bits per heavy atom. The maximum atomic E-state index is 12.4. The molecule has 4 heterocycles. The number of aromatic nitrogens is 4. The van der Waals surface area contributed by atoms with E-state index in [0.29, 0.717) is 18.0 Å². The molecule has 2 aliphatic heterocycles. The van der Waals surface area contributed by atoms with Crippen molar-refractivity contribution in [3.8, 4) is 0 Å². The van der Waals surface area contributed by atoms with Gasteiger partial charge in [-0.15, -0.1) is 0 Å². The Morgan fingerprint density at radius 3 is 2.83 bits per heavy atom. The van der Waals surface area contributed by atoms with Crippen LogP contribution < -0.4 is 5.56 Å². The maximum Gasteiger partial charge on any atom is 0.279 e. The van der Waals surface area contributed by atoms with E-state index in [9.17, 15) is 4.79 Å². The smallest absolute Gasteiger partial charge is 0.279 e. The fourth-order valence-corrected chi connectivity index (χ4v) is 6.61. The number of rotatable bonds is 10. The highest BCUT2D eigenvalue weighted by atomic mass is 31.2. The highest BCUT2D eigenvalue weighted by Gasteiger charge is 2.64. The van der Waals surface area contributed by atoms with Crippen LogP contribution in [0.25, 0.3) is 16.0 Å². The summed E-state index contributed by atoms with van der Waals surface area (Å²) in [5.74, 6) is 0.463. The van der Waals surface area contributed by atoms with Crippen LogP contribution in [0.5, 0.6) is 0 Å². The summed E-state index contributed by atoms with van der Waals surface area (Å²) < 4.78 is 31.7. The molecule has 13 heteroatoms. The molecule has 2 aromatic rings. The number of nitrogens with zero attached hydrogens (tertiary/aromatic N) is 6. The van der Waals surface area contributed by atoms with E-state index in [4.69, 9.17) is 26.6 Å². The van der Waals surface area contributed by atoms with Crippen molar-refractivity contribution in [2.75, 3.05) is 26.8 Å². The number of nitrogens with one attached hydrogen (secondary N) is 1. The number of ether oxygens (including phenoxy) is 1. The minimum absolute atomic E-state index is 0.0707. The van der Waals surface area contributed by atoms with Crippen molar-refractivity contribution in [3.05, 3.63) is 33.9 Å². The van der Waals surface area contributed by atoms with E-state index < -0.39 is 32.5 Å². The molecular formula is C22H34N7O5P. The van der Waals surface area contributed by atoms with E-state index in [-0.39, 0.29) is 43.2 Å². The third kappa shape index (κ3) is 4.74. The largest absolute Gasteiger partial charge is 0.346 e. The van der Waals surface area contributed by atoms with Gasteiger partial charge in [0.1, 0.15) is 30.2 Å². The molecule has 2 saturated heterocycles. The zero-order valence-corrected chi connectivity index (χ0v) is 21.9. The molecule has 2 aromatic heterocycles. The summed E-state index contributed by atoms with van der Waals surface area (Å²) in [6.07, 6.45) is 0.308. The van der Waals surface area contributed by atoms with Gasteiger partial charge in [0.2, 0.25) is 6.54 Å². The van der Waals surface area contributed by atoms with Gasteiger partial charge >= 0.3 is 0 Å². The first kappa shape index (κ1) is 24.7. The van der Waals surface area contributed by atoms with Gasteiger partial charge in [0.05, 0.1) is 20.0 Å². The average Bonchev–Trinajstić information content (AvgIpc) is 3.47. The summed E-state index contributed by atoms with van der Waals surface area (Å²) in [5, 5.41) is 1.76. The molecule has 2 bridgehead atoms. The molecular weight excluding hydrogens is 473 g/mol. The monoisotopic (exact) mass is 508 g/mol. The van der Waals surface area contributed by atoms with Crippen LogP contribution in [0.15, 0.2) is 11.1 Å². The minimum Gasteiger partial charge on any atom is -0.346 e. The molecule has 2 aliphatic rings. The van der Waals surface area contributed by atoms with Gasteiger partial charge in [0.15, 0.2) is 17.4 Å². The van der Waals surface area contributed by atoms with E-state index in [1.165, 1.54) is 6.33 Å². The predicted molar refractivity (Wildman–Crippen MR) is 130 cm³/mol. The molecule has 0 spiro atoms. The Morgan fingerprint density at radius 2 is 2.20 bits per heavy atom. The van der Waals surface area contributed by atoms with Crippen LogP contribution in [-0.2, 0) is 18.6 Å². The van der Waals surface area contributed by atoms with Gasteiger partial charge < -0.3 is 28.5 Å². The molecule has 0 radical (unpaired) electrons. The minimum atomic E-state index is -1.57. The Balaban J connectivity index is 1.73. The molecule has 35 heavy (non-hydrogen) atoms. The Labute approximate surface area is 207 Å². The lowest BCUT2D eigenvalue weighted by molar-refractivity contribution is -0.230. The van der Waals surface area contributed by atoms with Crippen molar-refractivity contribution < 1.29 is 20.0 Å². The highest BCUT2D eigenvalue weighted by Crippen LogP contribution is 2.55. The second-order valence-electron chi connectivity index (χ2n) is 9.34. The van der Waals surface area contributed by atoms with Gasteiger partial charge in [-0.1, -0.05) is 0 Å². The van der Waals surface area contributed by atoms with Gasteiger partial charge in [-0.05, 0) is 41.5 Å². The highest BCUT2D eigenvalue weighted by molar-refractivity contribution is 7.44. The zero-order chi connectivity index (χ0) is 26.2. The van der Waals surface area contributed by atoms with E-state index in [0.717, 1.165) is 0 Å². The SMILES string of the molecule is [2H]C[C@@]12CN(OC)[C@@H]([C@H](n3cnc4c(=O)[nH]c(C)nc43)O1)[C@@H]2OP(OCC[N+]#[C-])N(C(C)C)C(C)C. The zero-order valence-electron chi connectivity index (χ0n) is 22.0. The lowest BCUT2D eigenvalue weighted by Crippen LogP contribution is -2.43. The molecule has 4 rings (SSSR count). The van der Waals surface area contributed by atoms with Crippen LogP contribution in [0.4, 0.5) is 0 Å². The van der Waals surface area contributed by atoms with E-state index >= 15 is 0 Å². The molecule has 1 unspecified atom stereocenters. The summed E-state index contributed by atoms with van der Waals surface area (Å²) in [5.41, 5.74) is -0.719. The summed E-state index contributed by atoms with van der Waals surface area (Å²) in [6, 6.07) is -0.196. The average molecular weight is 509 g/mol. The van der Waals surface area contributed by atoms with Crippen LogP contribution in [-0.4, -0.2) is 85.9 Å². The maximum absolute atomic E-state index is 12.4. The first-order valence-corrected chi connectivity index (χ1v) is 12.7. The quantitative estimate of drug-likeness (QED) is 0.294. The fraction of sp³-hybridized carbons (Fsp3) is 0.727. The number of hydrogen-bond donors (Lipinski definition) is 1. The lowest BCUT2D eigenvalue weighted by Gasteiger charge is -2.37. The van der Waals surface area contributed by atoms with E-state index in [1.54, 1.807) is 23.7 Å². The first-order chi connectivity index (χ1) is 17.2. The molecule has 192 valence electrons. The van der Waals surface area contributed by atoms with Crippen LogP contribution in [0.3, 0.4) is 0 Å². The molecule has 0 aromatic carbocycles. The van der Waals surface area contributed by atoms with E-state index in [2.05, 4.69) is 52.2 Å². The second kappa shape index (κ2) is 10.2. The third-order valence-electron chi connectivity index (χ3n) is 6.15. The molecule has 5 atom stereocenters. The number of H-pyrrole nitrogens is 1. The Bertz CT molecular complexity index is 1160. The molecule has 0 saturated carbocycles. The van der Waals surface area contributed by atoms with Crippen molar-refractivity contribution >= 4 is 19.7 Å². The fourth-order valence-electron chi connectivity index (χ4n) is 4.80. The summed E-state index contributed by atoms with van der Waals surface area (Å²) in [4.78, 5) is 33.0. The number of fused-ring (bicyclic) bond motifs is 3. The summed E-state index contributed by atoms with van der Waals surface area (Å²) in [6.45, 7) is 17.9. The summed E-state index contributed by atoms with van der Waals surface area (Å²) in [7, 11) is 0.00564. The topological polar surface area (TPSA) is 111 Å². The van der Waals surface area contributed by atoms with Gasteiger partial charge in [-0.2, -0.15) is 5.06 Å². The predicted octanol–water partition coefficient (Wildman–Crippen LogP) is 2.63. The third-order valence-corrected chi connectivity index (χ3v) is 8.26. The second-order valence-corrected chi connectivity index (χ2v) is 10.7. The van der Waals surface area contributed by atoms with Crippen molar-refractivity contribution in [1.82, 2.24) is 29.3 Å². The molecule has 2 fully saturated rings. The van der Waals surface area contributed by atoms with Crippen LogP contribution >= 0.6 is 8.53 Å². The van der Waals surface area contributed by atoms with Gasteiger partial charge in [-0.25, -0.2) is 21.2 Å². The Kier molecular flexibility index (Phi) is 7.19. The number of imidazole rings is 1. The standard InChI is InChI=1S/C22H34N7O5P/c1-13(2)29(14(3)4)35(32-10-9-23-7)34-18-17-21(33-22(18,6)11-28(17)31-8)27-12-24-16-19(27)25-15(5)26-20(16)30/h12-14,17-18,21H,9-11H2,1-6,8H3,(H,25,26,30)/t17-,18+,21-,22+,35?/m1/s1/i6D. The number of hydrogen-bond acceptors (Lipinski definition) is 9. The number of aromatic amines is 1.